The summed E-state index contributed by atoms with van der Waals surface area (Å²) in [5.74, 6) is -5.97. The van der Waals surface area contributed by atoms with E-state index in [1.165, 1.54) is 27.7 Å². The van der Waals surface area contributed by atoms with E-state index in [4.69, 9.17) is 9.84 Å². The number of carbonyl (C=O) groups is 3. The van der Waals surface area contributed by atoms with E-state index in [0.717, 1.165) is 0 Å². The number of hydrogen-bond acceptors (Lipinski definition) is 8. The van der Waals surface area contributed by atoms with Crippen LogP contribution in [0.15, 0.2) is 35.6 Å². The second-order valence-electron chi connectivity index (χ2n) is 4.78. The lowest BCUT2D eigenvalue weighted by Gasteiger charge is -2.25. The summed E-state index contributed by atoms with van der Waals surface area (Å²) in [6.07, 6.45) is 0. The number of rotatable bonds is 7. The van der Waals surface area contributed by atoms with Crippen LogP contribution in [0.2, 0.25) is 0 Å². The van der Waals surface area contributed by atoms with Gasteiger partial charge in [-0.05, 0) is 27.7 Å². The van der Waals surface area contributed by atoms with Gasteiger partial charge in [0.05, 0.1) is 5.57 Å². The van der Waals surface area contributed by atoms with Crippen molar-refractivity contribution in [2.24, 2.45) is 0 Å². The van der Waals surface area contributed by atoms with Gasteiger partial charge in [0, 0.05) is 11.1 Å². The van der Waals surface area contributed by atoms with Crippen molar-refractivity contribution in [1.29, 1.82) is 0 Å². The lowest BCUT2D eigenvalue weighted by atomic mass is 10.2. The molecule has 2 N–H and O–H groups in total. The minimum Gasteiger partial charge on any atom is -0.427 e. The molecule has 0 aromatic heterocycles. The second kappa shape index (κ2) is 8.25. The van der Waals surface area contributed by atoms with Crippen LogP contribution >= 0.6 is 0 Å². The van der Waals surface area contributed by atoms with E-state index in [0.29, 0.717) is 0 Å². The van der Waals surface area contributed by atoms with Crippen molar-refractivity contribution in [2.45, 2.75) is 33.7 Å². The van der Waals surface area contributed by atoms with Crippen LogP contribution in [0.4, 0.5) is 0 Å². The molecule has 0 rings (SSSR count). The molecule has 0 radical (unpaired) electrons. The fourth-order valence-electron chi connectivity index (χ4n) is 0.985. The number of aliphatic hydroxyl groups excluding tert-OH is 1. The van der Waals surface area contributed by atoms with Gasteiger partial charge in [-0.15, -0.1) is 0 Å². The van der Waals surface area contributed by atoms with Gasteiger partial charge in [0.2, 0.25) is 0 Å². The normalized spacial score (nSPS) is 14.0. The molecule has 1 atom stereocenters. The Labute approximate surface area is 133 Å². The number of hydrogen-bond donors (Lipinski definition) is 2. The third-order valence-electron chi connectivity index (χ3n) is 2.48. The molecule has 0 bridgehead atoms. The topological polar surface area (TPSA) is 119 Å². The molecule has 0 saturated heterocycles. The molecule has 0 heterocycles. The zero-order chi connectivity index (χ0) is 18.4. The molecule has 0 aliphatic carbocycles. The Morgan fingerprint density at radius 2 is 1.35 bits per heavy atom. The summed E-state index contributed by atoms with van der Waals surface area (Å²) in [5.41, 5.74) is -0.141. The first-order valence-corrected chi connectivity index (χ1v) is 6.44. The maximum absolute atomic E-state index is 11.9. The van der Waals surface area contributed by atoms with Crippen LogP contribution in [0.25, 0.3) is 0 Å². The molecule has 128 valence electrons. The van der Waals surface area contributed by atoms with Crippen LogP contribution in [0.5, 0.6) is 0 Å². The Kier molecular flexibility index (Phi) is 7.37. The Balaban J connectivity index is 5.13. The third-order valence-corrected chi connectivity index (χ3v) is 2.48. The average molecular weight is 328 g/mol. The maximum atomic E-state index is 11.9. The van der Waals surface area contributed by atoms with Crippen molar-refractivity contribution < 1.29 is 38.8 Å². The maximum Gasteiger partial charge on any atom is 0.398 e. The van der Waals surface area contributed by atoms with E-state index < -0.39 is 30.5 Å². The number of esters is 3. The van der Waals surface area contributed by atoms with Gasteiger partial charge in [0.1, 0.15) is 12.4 Å². The summed E-state index contributed by atoms with van der Waals surface area (Å²) in [4.78, 5) is 34.6. The van der Waals surface area contributed by atoms with Gasteiger partial charge in [-0.25, -0.2) is 14.4 Å². The summed E-state index contributed by atoms with van der Waals surface area (Å²) < 4.78 is 13.8. The first-order chi connectivity index (χ1) is 10.4. The van der Waals surface area contributed by atoms with Crippen LogP contribution in [0.3, 0.4) is 0 Å². The third kappa shape index (κ3) is 6.45. The molecular formula is C15H20O8. The van der Waals surface area contributed by atoms with E-state index in [1.807, 2.05) is 0 Å². The lowest BCUT2D eigenvalue weighted by molar-refractivity contribution is -0.334. The SMILES string of the molecule is C=C(C)C(=O)O/C(C)=C(\C)C(=O)OC(O)(CO)OC(=O)C(=C)C. The van der Waals surface area contributed by atoms with Crippen molar-refractivity contribution in [3.63, 3.8) is 0 Å². The molecule has 0 fully saturated rings. The highest BCUT2D eigenvalue weighted by molar-refractivity contribution is 5.91. The Hall–Kier alpha value is -2.45. The van der Waals surface area contributed by atoms with E-state index >= 15 is 0 Å². The zero-order valence-electron chi connectivity index (χ0n) is 13.5. The molecular weight excluding hydrogens is 308 g/mol. The average Bonchev–Trinajstić information content (AvgIpc) is 2.45. The summed E-state index contributed by atoms with van der Waals surface area (Å²) in [5, 5.41) is 18.8. The van der Waals surface area contributed by atoms with Crippen molar-refractivity contribution in [3.05, 3.63) is 35.6 Å². The number of allylic oxidation sites excluding steroid dienone is 1. The van der Waals surface area contributed by atoms with Crippen LogP contribution in [-0.2, 0) is 28.6 Å². The van der Waals surface area contributed by atoms with Crippen LogP contribution in [0.1, 0.15) is 27.7 Å². The van der Waals surface area contributed by atoms with Crippen LogP contribution < -0.4 is 0 Å². The second-order valence-corrected chi connectivity index (χ2v) is 4.78. The van der Waals surface area contributed by atoms with Crippen LogP contribution in [0, 0.1) is 0 Å². The summed E-state index contributed by atoms with van der Waals surface area (Å²) in [6.45, 7) is 10.8. The molecule has 0 aliphatic heterocycles. The summed E-state index contributed by atoms with van der Waals surface area (Å²) >= 11 is 0. The van der Waals surface area contributed by atoms with E-state index in [9.17, 15) is 19.5 Å². The monoisotopic (exact) mass is 328 g/mol. The van der Waals surface area contributed by atoms with Crippen molar-refractivity contribution in [1.82, 2.24) is 0 Å². The van der Waals surface area contributed by atoms with Gasteiger partial charge in [0.15, 0.2) is 0 Å². The molecule has 8 nitrogen and oxygen atoms in total. The number of aliphatic hydroxyl groups is 2. The Morgan fingerprint density at radius 3 is 1.74 bits per heavy atom. The Morgan fingerprint density at radius 1 is 0.913 bits per heavy atom. The number of carbonyl (C=O) groups excluding carboxylic acids is 3. The highest BCUT2D eigenvalue weighted by Crippen LogP contribution is 2.16. The Bertz CT molecular complexity index is 572. The largest absolute Gasteiger partial charge is 0.427 e. The number of ether oxygens (including phenoxy) is 3. The van der Waals surface area contributed by atoms with E-state index in [1.54, 1.807) is 0 Å². The van der Waals surface area contributed by atoms with Gasteiger partial charge in [0.25, 0.3) is 0 Å². The van der Waals surface area contributed by atoms with Gasteiger partial charge >= 0.3 is 23.9 Å². The lowest BCUT2D eigenvalue weighted by Crippen LogP contribution is -2.44. The van der Waals surface area contributed by atoms with Crippen LogP contribution in [-0.4, -0.2) is 40.7 Å². The summed E-state index contributed by atoms with van der Waals surface area (Å²) in [7, 11) is 0. The first-order valence-electron chi connectivity index (χ1n) is 6.44. The molecule has 8 heteroatoms. The fourth-order valence-corrected chi connectivity index (χ4v) is 0.985. The predicted octanol–water partition coefficient (Wildman–Crippen LogP) is 0.700. The quantitative estimate of drug-likeness (QED) is 0.303. The fraction of sp³-hybridized carbons (Fsp3) is 0.400. The van der Waals surface area contributed by atoms with Gasteiger partial charge in [-0.3, -0.25) is 0 Å². The van der Waals surface area contributed by atoms with E-state index in [2.05, 4.69) is 22.6 Å². The van der Waals surface area contributed by atoms with Crippen molar-refractivity contribution in [3.8, 4) is 0 Å². The molecule has 0 amide bonds. The van der Waals surface area contributed by atoms with Gasteiger partial charge < -0.3 is 24.4 Å². The molecule has 1 unspecified atom stereocenters. The zero-order valence-corrected chi connectivity index (χ0v) is 13.5. The molecule has 0 spiro atoms. The predicted molar refractivity (Wildman–Crippen MR) is 78.3 cm³/mol. The van der Waals surface area contributed by atoms with Gasteiger partial charge in [-0.2, -0.15) is 0 Å². The minimum atomic E-state index is -2.88. The first kappa shape index (κ1) is 20.6. The van der Waals surface area contributed by atoms with E-state index in [-0.39, 0.29) is 22.5 Å². The van der Waals surface area contributed by atoms with Crippen molar-refractivity contribution >= 4 is 17.9 Å². The smallest absolute Gasteiger partial charge is 0.398 e. The molecule has 0 aromatic rings. The molecule has 0 aromatic carbocycles. The molecule has 23 heavy (non-hydrogen) atoms. The summed E-state index contributed by atoms with van der Waals surface area (Å²) in [6, 6.07) is 0. The van der Waals surface area contributed by atoms with Gasteiger partial charge in [-0.1, -0.05) is 13.2 Å². The highest BCUT2D eigenvalue weighted by atomic mass is 16.8. The highest BCUT2D eigenvalue weighted by Gasteiger charge is 2.37. The molecule has 0 aliphatic rings. The minimum absolute atomic E-state index is 0.0771. The molecule has 0 saturated carbocycles. The van der Waals surface area contributed by atoms with Crippen molar-refractivity contribution in [2.75, 3.05) is 6.61 Å². The standard InChI is InChI=1S/C15H20O8/c1-8(2)12(17)21-11(6)10(5)14(19)23-15(20,7-16)22-13(18)9(3)4/h16,20H,1,3,7H2,2,4-6H3/b11-10+.